The third kappa shape index (κ3) is 2.03. The Hall–Kier alpha value is -0.120. The van der Waals surface area contributed by atoms with Crippen molar-refractivity contribution in [3.63, 3.8) is 0 Å². The molecule has 3 nitrogen and oxygen atoms in total. The van der Waals surface area contributed by atoms with E-state index in [0.717, 1.165) is 45.1 Å². The maximum absolute atomic E-state index is 10.1. The number of hydrogen-bond donors (Lipinski definition) is 1. The predicted octanol–water partition coefficient (Wildman–Crippen LogP) is 1.44. The van der Waals surface area contributed by atoms with E-state index in [1.807, 2.05) is 0 Å². The fraction of sp³-hybridized carbons (Fsp3) is 1.00. The zero-order chi connectivity index (χ0) is 9.15. The van der Waals surface area contributed by atoms with E-state index in [2.05, 4.69) is 0 Å². The molecule has 3 heteroatoms. The first-order valence-corrected chi connectivity index (χ1v) is 5.29. The average molecular weight is 186 g/mol. The molecule has 76 valence electrons. The lowest BCUT2D eigenvalue weighted by Gasteiger charge is -2.40. The monoisotopic (exact) mass is 186 g/mol. The van der Waals surface area contributed by atoms with Crippen molar-refractivity contribution < 1.29 is 14.6 Å². The maximum atomic E-state index is 10.1. The van der Waals surface area contributed by atoms with Crippen molar-refractivity contribution >= 4 is 0 Å². The SMILES string of the molecule is OC12CCCCC1OCCCCO2. The second-order valence-electron chi connectivity index (χ2n) is 4.01. The molecule has 2 atom stereocenters. The normalized spacial score (nSPS) is 41.8. The molecule has 0 aromatic carbocycles. The van der Waals surface area contributed by atoms with Gasteiger partial charge in [0, 0.05) is 13.0 Å². The molecule has 2 unspecified atom stereocenters. The van der Waals surface area contributed by atoms with Gasteiger partial charge in [0.05, 0.1) is 6.61 Å². The highest BCUT2D eigenvalue weighted by molar-refractivity contribution is 4.84. The summed E-state index contributed by atoms with van der Waals surface area (Å²) in [4.78, 5) is 0. The molecule has 0 aromatic rings. The van der Waals surface area contributed by atoms with Gasteiger partial charge >= 0.3 is 0 Å². The summed E-state index contributed by atoms with van der Waals surface area (Å²) in [5, 5.41) is 10.1. The van der Waals surface area contributed by atoms with Crippen molar-refractivity contribution in [3.05, 3.63) is 0 Å². The second kappa shape index (κ2) is 3.95. The summed E-state index contributed by atoms with van der Waals surface area (Å²) in [5.41, 5.74) is 0. The van der Waals surface area contributed by atoms with E-state index in [1.165, 1.54) is 0 Å². The van der Waals surface area contributed by atoms with Crippen LogP contribution in [0.5, 0.6) is 0 Å². The molecule has 2 aliphatic rings. The molecule has 13 heavy (non-hydrogen) atoms. The van der Waals surface area contributed by atoms with E-state index in [-0.39, 0.29) is 6.10 Å². The first kappa shape index (κ1) is 9.44. The lowest BCUT2D eigenvalue weighted by molar-refractivity contribution is -0.287. The van der Waals surface area contributed by atoms with Crippen LogP contribution in [0, 0.1) is 0 Å². The highest BCUT2D eigenvalue weighted by Gasteiger charge is 2.41. The van der Waals surface area contributed by atoms with Crippen LogP contribution in [0.15, 0.2) is 0 Å². The smallest absolute Gasteiger partial charge is 0.192 e. The third-order valence-electron chi connectivity index (χ3n) is 2.96. The van der Waals surface area contributed by atoms with Crippen LogP contribution in [0.2, 0.25) is 0 Å². The van der Waals surface area contributed by atoms with Crippen LogP contribution in [0.1, 0.15) is 38.5 Å². The Labute approximate surface area is 79.0 Å². The van der Waals surface area contributed by atoms with E-state index in [9.17, 15) is 5.11 Å². The Morgan fingerprint density at radius 3 is 2.85 bits per heavy atom. The fourth-order valence-electron chi connectivity index (χ4n) is 2.15. The van der Waals surface area contributed by atoms with Gasteiger partial charge in [0.25, 0.3) is 0 Å². The standard InChI is InChI=1S/C10H18O3/c11-10-6-2-1-5-9(10)12-7-3-4-8-13-10/h9,11H,1-8H2. The van der Waals surface area contributed by atoms with E-state index < -0.39 is 5.79 Å². The molecule has 0 bridgehead atoms. The van der Waals surface area contributed by atoms with Gasteiger partial charge < -0.3 is 14.6 Å². The molecule has 1 aliphatic carbocycles. The van der Waals surface area contributed by atoms with Crippen LogP contribution in [0.3, 0.4) is 0 Å². The number of aliphatic hydroxyl groups is 1. The van der Waals surface area contributed by atoms with Crippen LogP contribution in [-0.4, -0.2) is 30.2 Å². The molecule has 1 saturated carbocycles. The Balaban J connectivity index is 2.02. The van der Waals surface area contributed by atoms with Gasteiger partial charge in [0.2, 0.25) is 0 Å². The summed E-state index contributed by atoms with van der Waals surface area (Å²) in [6.45, 7) is 1.45. The van der Waals surface area contributed by atoms with Crippen molar-refractivity contribution in [1.82, 2.24) is 0 Å². The number of hydrogen-bond acceptors (Lipinski definition) is 3. The van der Waals surface area contributed by atoms with Gasteiger partial charge in [-0.2, -0.15) is 0 Å². The summed E-state index contributed by atoms with van der Waals surface area (Å²) in [5.74, 6) is -0.974. The highest BCUT2D eigenvalue weighted by atomic mass is 16.7. The molecule has 0 amide bonds. The quantitative estimate of drug-likeness (QED) is 0.622. The van der Waals surface area contributed by atoms with E-state index >= 15 is 0 Å². The van der Waals surface area contributed by atoms with Crippen LogP contribution in [0.4, 0.5) is 0 Å². The van der Waals surface area contributed by atoms with Gasteiger partial charge in [-0.25, -0.2) is 0 Å². The van der Waals surface area contributed by atoms with Crippen LogP contribution < -0.4 is 0 Å². The van der Waals surface area contributed by atoms with Crippen LogP contribution >= 0.6 is 0 Å². The van der Waals surface area contributed by atoms with Gasteiger partial charge in [-0.1, -0.05) is 6.42 Å². The Morgan fingerprint density at radius 1 is 1.08 bits per heavy atom. The fourth-order valence-corrected chi connectivity index (χ4v) is 2.15. The minimum absolute atomic E-state index is 0.0819. The zero-order valence-electron chi connectivity index (χ0n) is 8.00. The predicted molar refractivity (Wildman–Crippen MR) is 48.3 cm³/mol. The Morgan fingerprint density at radius 2 is 1.92 bits per heavy atom. The lowest BCUT2D eigenvalue weighted by atomic mass is 9.91. The van der Waals surface area contributed by atoms with Crippen LogP contribution in [-0.2, 0) is 9.47 Å². The number of rotatable bonds is 0. The molecule has 0 radical (unpaired) electrons. The van der Waals surface area contributed by atoms with E-state index in [0.29, 0.717) is 6.61 Å². The summed E-state index contributed by atoms with van der Waals surface area (Å²) in [7, 11) is 0. The molecule has 1 N–H and O–H groups in total. The second-order valence-corrected chi connectivity index (χ2v) is 4.01. The van der Waals surface area contributed by atoms with Crippen molar-refractivity contribution in [2.75, 3.05) is 13.2 Å². The van der Waals surface area contributed by atoms with Crippen molar-refractivity contribution in [2.24, 2.45) is 0 Å². The lowest BCUT2D eigenvalue weighted by Crippen LogP contribution is -2.49. The first-order chi connectivity index (χ1) is 6.31. The minimum Gasteiger partial charge on any atom is -0.373 e. The van der Waals surface area contributed by atoms with E-state index in [1.54, 1.807) is 0 Å². The first-order valence-electron chi connectivity index (χ1n) is 5.29. The molecule has 0 aromatic heterocycles. The zero-order valence-corrected chi connectivity index (χ0v) is 8.00. The molecule has 0 spiro atoms. The number of fused-ring (bicyclic) bond motifs is 1. The van der Waals surface area contributed by atoms with Crippen molar-refractivity contribution in [2.45, 2.75) is 50.4 Å². The molecular weight excluding hydrogens is 168 g/mol. The van der Waals surface area contributed by atoms with Crippen molar-refractivity contribution in [1.29, 1.82) is 0 Å². The Bertz CT molecular complexity index is 172. The van der Waals surface area contributed by atoms with Gasteiger partial charge in [0.15, 0.2) is 5.79 Å². The van der Waals surface area contributed by atoms with E-state index in [4.69, 9.17) is 9.47 Å². The topological polar surface area (TPSA) is 38.7 Å². The summed E-state index contributed by atoms with van der Waals surface area (Å²) < 4.78 is 11.1. The molecule has 2 fully saturated rings. The van der Waals surface area contributed by atoms with Gasteiger partial charge in [-0.3, -0.25) is 0 Å². The molecule has 2 rings (SSSR count). The van der Waals surface area contributed by atoms with Crippen molar-refractivity contribution in [3.8, 4) is 0 Å². The molecule has 1 heterocycles. The molecule has 1 saturated heterocycles. The van der Waals surface area contributed by atoms with Gasteiger partial charge in [0.1, 0.15) is 6.10 Å². The van der Waals surface area contributed by atoms with Crippen LogP contribution in [0.25, 0.3) is 0 Å². The van der Waals surface area contributed by atoms with Gasteiger partial charge in [-0.05, 0) is 25.7 Å². The summed E-state index contributed by atoms with van der Waals surface area (Å²) >= 11 is 0. The average Bonchev–Trinajstić information content (AvgIpc) is 2.09. The van der Waals surface area contributed by atoms with Gasteiger partial charge in [-0.15, -0.1) is 0 Å². The third-order valence-corrected chi connectivity index (χ3v) is 2.96. The molecular formula is C10H18O3. The molecule has 1 aliphatic heterocycles. The summed E-state index contributed by atoms with van der Waals surface area (Å²) in [6, 6.07) is 0. The maximum Gasteiger partial charge on any atom is 0.192 e. The highest BCUT2D eigenvalue weighted by Crippen LogP contribution is 2.33. The largest absolute Gasteiger partial charge is 0.373 e. The number of ether oxygens (including phenoxy) is 2. The Kier molecular flexibility index (Phi) is 2.86. The summed E-state index contributed by atoms with van der Waals surface area (Å²) in [6.07, 6.45) is 5.84. The minimum atomic E-state index is -0.974.